The van der Waals surface area contributed by atoms with Crippen LogP contribution in [0.1, 0.15) is 25.2 Å². The third-order valence-corrected chi connectivity index (χ3v) is 2.71. The molecule has 0 saturated carbocycles. The largest absolute Gasteiger partial charge is 0.481 e. The molecule has 0 aliphatic rings. The summed E-state index contributed by atoms with van der Waals surface area (Å²) in [4.78, 5) is 12.5. The lowest BCUT2D eigenvalue weighted by Gasteiger charge is -2.12. The highest BCUT2D eigenvalue weighted by atomic mass is 16.4. The zero-order valence-corrected chi connectivity index (χ0v) is 10.2. The first-order valence-corrected chi connectivity index (χ1v) is 5.56. The minimum absolute atomic E-state index is 0.214. The Kier molecular flexibility index (Phi) is 3.10. The highest BCUT2D eigenvalue weighted by molar-refractivity contribution is 5.78. The van der Waals surface area contributed by atoms with E-state index < -0.39 is 11.4 Å². The van der Waals surface area contributed by atoms with Crippen LogP contribution in [0.5, 0.6) is 0 Å². The smallest absolute Gasteiger partial charge is 0.316 e. The average Bonchev–Trinajstić information content (AvgIpc) is 2.79. The molecule has 6 nitrogen and oxygen atoms in total. The van der Waals surface area contributed by atoms with Crippen molar-refractivity contribution in [1.82, 2.24) is 20.2 Å². The van der Waals surface area contributed by atoms with Gasteiger partial charge >= 0.3 is 5.97 Å². The molecular weight excluding hydrogens is 232 g/mol. The second-order valence-corrected chi connectivity index (χ2v) is 4.56. The first-order chi connectivity index (χ1) is 8.50. The number of hydrogen-bond donors (Lipinski definition) is 1. The van der Waals surface area contributed by atoms with E-state index in [2.05, 4.69) is 15.4 Å². The van der Waals surface area contributed by atoms with Crippen LogP contribution in [0.2, 0.25) is 0 Å². The lowest BCUT2D eigenvalue weighted by molar-refractivity contribution is -0.142. The summed E-state index contributed by atoms with van der Waals surface area (Å²) in [6.45, 7) is 3.59. The van der Waals surface area contributed by atoms with E-state index in [-0.39, 0.29) is 5.82 Å². The summed E-state index contributed by atoms with van der Waals surface area (Å²) < 4.78 is 0. The number of carboxylic acids is 1. The van der Waals surface area contributed by atoms with Gasteiger partial charge in [0.1, 0.15) is 5.41 Å². The summed E-state index contributed by atoms with van der Waals surface area (Å²) in [6, 6.07) is 9.68. The summed E-state index contributed by atoms with van der Waals surface area (Å²) in [5.74, 6) is -0.757. The summed E-state index contributed by atoms with van der Waals surface area (Å²) in [6.07, 6.45) is 0. The molecule has 0 saturated heterocycles. The molecule has 18 heavy (non-hydrogen) atoms. The Balaban J connectivity index is 2.19. The highest BCUT2D eigenvalue weighted by Crippen LogP contribution is 2.18. The molecule has 0 unspecified atom stereocenters. The van der Waals surface area contributed by atoms with E-state index in [4.69, 9.17) is 5.11 Å². The van der Waals surface area contributed by atoms with Crippen molar-refractivity contribution in [2.24, 2.45) is 0 Å². The van der Waals surface area contributed by atoms with Gasteiger partial charge in [0.05, 0.1) is 6.54 Å². The van der Waals surface area contributed by atoms with Crippen molar-refractivity contribution in [3.8, 4) is 0 Å². The minimum atomic E-state index is -1.13. The van der Waals surface area contributed by atoms with Gasteiger partial charge in [-0.15, -0.1) is 10.2 Å². The summed E-state index contributed by atoms with van der Waals surface area (Å²) in [5.41, 5.74) is -0.0934. The molecule has 0 aliphatic heterocycles. The van der Waals surface area contributed by atoms with Crippen molar-refractivity contribution in [1.29, 1.82) is 0 Å². The fraction of sp³-hybridized carbons (Fsp3) is 0.333. The molecular formula is C12H14N4O2. The first-order valence-electron chi connectivity index (χ1n) is 5.56. The summed E-state index contributed by atoms with van der Waals surface area (Å²) in [5, 5.41) is 20.9. The number of carboxylic acid groups (broad SMARTS) is 1. The number of benzene rings is 1. The third-order valence-electron chi connectivity index (χ3n) is 2.71. The van der Waals surface area contributed by atoms with Gasteiger partial charge in [0.2, 0.25) is 0 Å². The van der Waals surface area contributed by atoms with Crippen LogP contribution in [0.15, 0.2) is 30.3 Å². The van der Waals surface area contributed by atoms with Crippen molar-refractivity contribution < 1.29 is 9.90 Å². The Labute approximate surface area is 104 Å². The van der Waals surface area contributed by atoms with Crippen molar-refractivity contribution in [3.63, 3.8) is 0 Å². The molecule has 0 aliphatic carbocycles. The first kappa shape index (κ1) is 12.2. The molecule has 0 bridgehead atoms. The van der Waals surface area contributed by atoms with E-state index >= 15 is 0 Å². The Bertz CT molecular complexity index is 548. The molecule has 0 amide bonds. The second kappa shape index (κ2) is 4.56. The van der Waals surface area contributed by atoms with Crippen molar-refractivity contribution in [2.45, 2.75) is 25.8 Å². The van der Waals surface area contributed by atoms with Gasteiger partial charge in [0, 0.05) is 0 Å². The zero-order chi connectivity index (χ0) is 13.2. The Morgan fingerprint density at radius 1 is 1.33 bits per heavy atom. The molecule has 94 valence electrons. The maximum absolute atomic E-state index is 11.1. The van der Waals surface area contributed by atoms with E-state index in [0.717, 1.165) is 5.56 Å². The number of tetrazole rings is 1. The topological polar surface area (TPSA) is 80.9 Å². The molecule has 0 spiro atoms. The van der Waals surface area contributed by atoms with E-state index in [1.54, 1.807) is 13.8 Å². The highest BCUT2D eigenvalue weighted by Gasteiger charge is 2.34. The predicted molar refractivity (Wildman–Crippen MR) is 64.0 cm³/mol. The summed E-state index contributed by atoms with van der Waals surface area (Å²) in [7, 11) is 0. The van der Waals surface area contributed by atoms with Crippen molar-refractivity contribution >= 4 is 5.97 Å². The van der Waals surface area contributed by atoms with Crippen LogP contribution < -0.4 is 0 Å². The maximum atomic E-state index is 11.1. The average molecular weight is 246 g/mol. The molecule has 1 heterocycles. The Morgan fingerprint density at radius 3 is 2.61 bits per heavy atom. The van der Waals surface area contributed by atoms with Crippen LogP contribution >= 0.6 is 0 Å². The van der Waals surface area contributed by atoms with Gasteiger partial charge in [0.15, 0.2) is 5.82 Å². The quantitative estimate of drug-likeness (QED) is 0.873. The molecule has 0 atom stereocenters. The van der Waals surface area contributed by atoms with E-state index in [0.29, 0.717) is 6.54 Å². The maximum Gasteiger partial charge on any atom is 0.316 e. The summed E-state index contributed by atoms with van der Waals surface area (Å²) >= 11 is 0. The molecule has 0 fully saturated rings. The Morgan fingerprint density at radius 2 is 2.00 bits per heavy atom. The fourth-order valence-corrected chi connectivity index (χ4v) is 1.40. The SMILES string of the molecule is CC(C)(C(=O)O)c1nnn(Cc2ccccc2)n1. The third kappa shape index (κ3) is 2.37. The molecule has 1 aromatic carbocycles. The lowest BCUT2D eigenvalue weighted by atomic mass is 9.93. The van der Waals surface area contributed by atoms with Crippen LogP contribution in [0, 0.1) is 0 Å². The van der Waals surface area contributed by atoms with Crippen molar-refractivity contribution in [3.05, 3.63) is 41.7 Å². The number of rotatable bonds is 4. The Hall–Kier alpha value is -2.24. The predicted octanol–water partition coefficient (Wildman–Crippen LogP) is 1.08. The van der Waals surface area contributed by atoms with Gasteiger partial charge in [-0.05, 0) is 24.6 Å². The zero-order valence-electron chi connectivity index (χ0n) is 10.2. The number of carbonyl (C=O) groups is 1. The number of nitrogens with zero attached hydrogens (tertiary/aromatic N) is 4. The molecule has 6 heteroatoms. The number of aromatic nitrogens is 4. The van der Waals surface area contributed by atoms with E-state index in [1.807, 2.05) is 30.3 Å². The number of aliphatic carboxylic acids is 1. The van der Waals surface area contributed by atoms with Gasteiger partial charge in [-0.3, -0.25) is 4.79 Å². The molecule has 1 N–H and O–H groups in total. The van der Waals surface area contributed by atoms with Gasteiger partial charge in [-0.1, -0.05) is 30.3 Å². The molecule has 1 aromatic heterocycles. The van der Waals surface area contributed by atoms with Crippen LogP contribution in [0.4, 0.5) is 0 Å². The molecule has 2 aromatic rings. The van der Waals surface area contributed by atoms with Crippen LogP contribution in [0.3, 0.4) is 0 Å². The molecule has 2 rings (SSSR count). The van der Waals surface area contributed by atoms with Crippen LogP contribution in [-0.4, -0.2) is 31.3 Å². The van der Waals surface area contributed by atoms with E-state index in [9.17, 15) is 4.79 Å². The van der Waals surface area contributed by atoms with Gasteiger partial charge in [0.25, 0.3) is 0 Å². The van der Waals surface area contributed by atoms with Gasteiger partial charge in [-0.2, -0.15) is 4.80 Å². The van der Waals surface area contributed by atoms with Gasteiger partial charge < -0.3 is 5.11 Å². The normalized spacial score (nSPS) is 11.4. The van der Waals surface area contributed by atoms with E-state index in [1.165, 1.54) is 4.80 Å². The van der Waals surface area contributed by atoms with Crippen LogP contribution in [-0.2, 0) is 16.8 Å². The number of hydrogen-bond acceptors (Lipinski definition) is 4. The monoisotopic (exact) mass is 246 g/mol. The molecule has 0 radical (unpaired) electrons. The van der Waals surface area contributed by atoms with Crippen molar-refractivity contribution in [2.75, 3.05) is 0 Å². The second-order valence-electron chi connectivity index (χ2n) is 4.56. The van der Waals surface area contributed by atoms with Gasteiger partial charge in [-0.25, -0.2) is 0 Å². The minimum Gasteiger partial charge on any atom is -0.481 e. The fourth-order valence-electron chi connectivity index (χ4n) is 1.40. The lowest BCUT2D eigenvalue weighted by Crippen LogP contribution is -2.30. The van der Waals surface area contributed by atoms with Crippen LogP contribution in [0.25, 0.3) is 0 Å². The standard InChI is InChI=1S/C12H14N4O2/c1-12(2,11(17)18)10-13-15-16(14-10)8-9-6-4-3-5-7-9/h3-7H,8H2,1-2H3,(H,17,18).